The number of carbonyl (C=O) groups is 2. The summed E-state index contributed by atoms with van der Waals surface area (Å²) in [5, 5.41) is 4.99. The molecule has 2 amide bonds. The van der Waals surface area contributed by atoms with Gasteiger partial charge in [-0.15, -0.1) is 0 Å². The molecule has 1 aromatic rings. The van der Waals surface area contributed by atoms with E-state index in [0.717, 1.165) is 0 Å². The molecule has 1 atom stereocenters. The predicted molar refractivity (Wildman–Crippen MR) is 61.9 cm³/mol. The number of aromatic nitrogens is 1. The molecule has 1 aromatic heterocycles. The van der Waals surface area contributed by atoms with Crippen molar-refractivity contribution >= 4 is 17.6 Å². The van der Waals surface area contributed by atoms with Crippen molar-refractivity contribution in [1.82, 2.24) is 10.3 Å². The monoisotopic (exact) mass is 252 g/mol. The third-order valence-corrected chi connectivity index (χ3v) is 2.71. The summed E-state index contributed by atoms with van der Waals surface area (Å²) in [6.45, 7) is 0.0670. The number of pyridine rings is 1. The molecule has 4 N–H and O–H groups in total. The molecule has 7 heteroatoms. The quantitative estimate of drug-likeness (QED) is 0.515. The van der Waals surface area contributed by atoms with Crippen LogP contribution in [0.5, 0.6) is 0 Å². The van der Waals surface area contributed by atoms with Crippen LogP contribution in [0, 0.1) is 5.95 Å². The molecule has 0 saturated carbocycles. The Labute approximate surface area is 103 Å². The molecule has 2 rings (SSSR count). The van der Waals surface area contributed by atoms with E-state index in [9.17, 15) is 14.0 Å². The molecule has 0 spiro atoms. The molecule has 1 aliphatic rings. The van der Waals surface area contributed by atoms with Gasteiger partial charge in [0, 0.05) is 18.5 Å². The van der Waals surface area contributed by atoms with Crippen LogP contribution in [-0.2, 0) is 16.1 Å². The Morgan fingerprint density at radius 3 is 2.89 bits per heavy atom. The lowest BCUT2D eigenvalue weighted by Gasteiger charge is -2.22. The predicted octanol–water partition coefficient (Wildman–Crippen LogP) is -0.104. The van der Waals surface area contributed by atoms with E-state index in [1.165, 1.54) is 6.07 Å². The fraction of sp³-hybridized carbons (Fsp3) is 0.364. The zero-order valence-corrected chi connectivity index (χ0v) is 9.57. The zero-order chi connectivity index (χ0) is 13.1. The normalized spacial score (nSPS) is 19.6. The molecule has 6 nitrogen and oxygen atoms in total. The van der Waals surface area contributed by atoms with Crippen LogP contribution in [0.3, 0.4) is 0 Å². The van der Waals surface area contributed by atoms with Gasteiger partial charge in [-0.05, 0) is 18.6 Å². The highest BCUT2D eigenvalue weighted by Gasteiger charge is 2.26. The van der Waals surface area contributed by atoms with Crippen LogP contribution >= 0.6 is 0 Å². The van der Waals surface area contributed by atoms with Crippen molar-refractivity contribution in [2.75, 3.05) is 5.32 Å². The summed E-state index contributed by atoms with van der Waals surface area (Å²) in [5.74, 6) is -1.12. The van der Waals surface area contributed by atoms with Gasteiger partial charge in [0.2, 0.25) is 17.8 Å². The van der Waals surface area contributed by atoms with Crippen LogP contribution in [0.2, 0.25) is 0 Å². The second-order valence-corrected chi connectivity index (χ2v) is 4.00. The number of imide groups is 1. The fourth-order valence-corrected chi connectivity index (χ4v) is 1.71. The average molecular weight is 252 g/mol. The molecule has 0 radical (unpaired) electrons. The first-order chi connectivity index (χ1) is 8.60. The second kappa shape index (κ2) is 5.09. The molecule has 0 bridgehead atoms. The lowest BCUT2D eigenvalue weighted by molar-refractivity contribution is -0.133. The molecular weight excluding hydrogens is 239 g/mol. The maximum atomic E-state index is 13.4. The molecule has 96 valence electrons. The first-order valence-corrected chi connectivity index (χ1v) is 5.56. The largest absolute Gasteiger partial charge is 0.358 e. The lowest BCUT2D eigenvalue weighted by atomic mass is 10.1. The van der Waals surface area contributed by atoms with E-state index in [4.69, 9.17) is 5.73 Å². The van der Waals surface area contributed by atoms with Crippen molar-refractivity contribution in [3.63, 3.8) is 0 Å². The molecule has 1 saturated heterocycles. The fourth-order valence-electron chi connectivity index (χ4n) is 1.71. The molecule has 1 aliphatic heterocycles. The van der Waals surface area contributed by atoms with Crippen molar-refractivity contribution in [3.8, 4) is 0 Å². The van der Waals surface area contributed by atoms with E-state index in [2.05, 4.69) is 15.6 Å². The van der Waals surface area contributed by atoms with Crippen LogP contribution in [0.25, 0.3) is 0 Å². The van der Waals surface area contributed by atoms with E-state index in [-0.39, 0.29) is 24.7 Å². The van der Waals surface area contributed by atoms with Crippen LogP contribution < -0.4 is 16.4 Å². The van der Waals surface area contributed by atoms with Gasteiger partial charge >= 0.3 is 0 Å². The van der Waals surface area contributed by atoms with E-state index in [0.29, 0.717) is 12.0 Å². The first-order valence-electron chi connectivity index (χ1n) is 5.56. The van der Waals surface area contributed by atoms with E-state index in [1.54, 1.807) is 6.07 Å². The van der Waals surface area contributed by atoms with Crippen LogP contribution in [-0.4, -0.2) is 22.8 Å². The minimum atomic E-state index is -0.658. The SMILES string of the molecule is NCc1ccc(NC2CCC(=O)NC2=O)nc1F. The third-order valence-electron chi connectivity index (χ3n) is 2.71. The summed E-state index contributed by atoms with van der Waals surface area (Å²) in [5.41, 5.74) is 5.63. The third kappa shape index (κ3) is 2.62. The number of piperidine rings is 1. The number of hydrogen-bond acceptors (Lipinski definition) is 5. The smallest absolute Gasteiger partial charge is 0.249 e. The maximum Gasteiger partial charge on any atom is 0.249 e. The van der Waals surface area contributed by atoms with Crippen molar-refractivity contribution in [2.24, 2.45) is 5.73 Å². The highest BCUT2D eigenvalue weighted by atomic mass is 19.1. The topological polar surface area (TPSA) is 97.1 Å². The molecule has 1 unspecified atom stereocenters. The summed E-state index contributed by atoms with van der Waals surface area (Å²) in [6, 6.07) is 2.49. The van der Waals surface area contributed by atoms with Crippen molar-refractivity contribution in [3.05, 3.63) is 23.6 Å². The first kappa shape index (κ1) is 12.4. The van der Waals surface area contributed by atoms with Gasteiger partial charge in [0.15, 0.2) is 0 Å². The maximum absolute atomic E-state index is 13.4. The number of halogens is 1. The number of nitrogens with one attached hydrogen (secondary N) is 2. The number of amides is 2. The number of hydrogen-bond donors (Lipinski definition) is 3. The Morgan fingerprint density at radius 1 is 1.50 bits per heavy atom. The zero-order valence-electron chi connectivity index (χ0n) is 9.57. The molecular formula is C11H13FN4O2. The number of anilines is 1. The minimum absolute atomic E-state index is 0.0670. The summed E-state index contributed by atoms with van der Waals surface area (Å²) in [4.78, 5) is 26.1. The van der Waals surface area contributed by atoms with E-state index >= 15 is 0 Å². The lowest BCUT2D eigenvalue weighted by Crippen LogP contribution is -2.47. The van der Waals surface area contributed by atoms with Gasteiger partial charge in [0.25, 0.3) is 0 Å². The van der Waals surface area contributed by atoms with Gasteiger partial charge in [0.1, 0.15) is 11.9 Å². The Hall–Kier alpha value is -2.02. The molecule has 0 aromatic carbocycles. The summed E-state index contributed by atoms with van der Waals surface area (Å²) >= 11 is 0. The van der Waals surface area contributed by atoms with Crippen molar-refractivity contribution < 1.29 is 14.0 Å². The number of nitrogens with two attached hydrogens (primary N) is 1. The summed E-state index contributed by atoms with van der Waals surface area (Å²) in [6.07, 6.45) is 0.624. The number of rotatable bonds is 3. The number of nitrogens with zero attached hydrogens (tertiary/aromatic N) is 1. The highest BCUT2D eigenvalue weighted by molar-refractivity contribution is 6.01. The van der Waals surface area contributed by atoms with Gasteiger partial charge in [-0.1, -0.05) is 0 Å². The second-order valence-electron chi connectivity index (χ2n) is 4.00. The van der Waals surface area contributed by atoms with Crippen LogP contribution in [0.1, 0.15) is 18.4 Å². The van der Waals surface area contributed by atoms with Crippen molar-refractivity contribution in [1.29, 1.82) is 0 Å². The van der Waals surface area contributed by atoms with Crippen molar-refractivity contribution in [2.45, 2.75) is 25.4 Å². The van der Waals surface area contributed by atoms with E-state index in [1.807, 2.05) is 0 Å². The van der Waals surface area contributed by atoms with Gasteiger partial charge in [0.05, 0.1) is 0 Å². The summed E-state index contributed by atoms with van der Waals surface area (Å²) < 4.78 is 13.4. The Bertz CT molecular complexity index is 492. The highest BCUT2D eigenvalue weighted by Crippen LogP contribution is 2.14. The minimum Gasteiger partial charge on any atom is -0.358 e. The Kier molecular flexibility index (Phi) is 3.52. The summed E-state index contributed by atoms with van der Waals surface area (Å²) in [7, 11) is 0. The van der Waals surface area contributed by atoms with Gasteiger partial charge in [-0.3, -0.25) is 14.9 Å². The number of carbonyl (C=O) groups excluding carboxylic acids is 2. The molecule has 2 heterocycles. The van der Waals surface area contributed by atoms with E-state index < -0.39 is 17.9 Å². The molecule has 18 heavy (non-hydrogen) atoms. The van der Waals surface area contributed by atoms with Crippen LogP contribution in [0.15, 0.2) is 12.1 Å². The Balaban J connectivity index is 2.07. The van der Waals surface area contributed by atoms with Gasteiger partial charge < -0.3 is 11.1 Å². The van der Waals surface area contributed by atoms with Crippen LogP contribution in [0.4, 0.5) is 10.2 Å². The van der Waals surface area contributed by atoms with Gasteiger partial charge in [-0.25, -0.2) is 4.98 Å². The average Bonchev–Trinajstić information content (AvgIpc) is 2.33. The standard InChI is InChI=1S/C11H13FN4O2/c12-10-6(5-13)1-3-8(15-10)14-7-2-4-9(17)16-11(7)18/h1,3,7H,2,4-5,13H2,(H,14,15)(H,16,17,18). The Morgan fingerprint density at radius 2 is 2.28 bits per heavy atom. The van der Waals surface area contributed by atoms with Gasteiger partial charge in [-0.2, -0.15) is 4.39 Å². The molecule has 1 fully saturated rings. The molecule has 0 aliphatic carbocycles.